The largest absolute Gasteiger partial charge is 0.375 e. The average Bonchev–Trinajstić information content (AvgIpc) is 2.88. The fourth-order valence-electron chi connectivity index (χ4n) is 4.67. The Morgan fingerprint density at radius 2 is 2.12 bits per heavy atom. The first kappa shape index (κ1) is 17.2. The zero-order valence-corrected chi connectivity index (χ0v) is 15.5. The van der Waals surface area contributed by atoms with Crippen LogP contribution in [0.4, 0.5) is 5.69 Å². The van der Waals surface area contributed by atoms with E-state index in [0.717, 1.165) is 11.1 Å². The fourth-order valence-corrected chi connectivity index (χ4v) is 4.67. The maximum atomic E-state index is 12.9. The van der Waals surface area contributed by atoms with Crippen LogP contribution in [0.25, 0.3) is 5.57 Å². The Labute approximate surface area is 153 Å². The van der Waals surface area contributed by atoms with E-state index in [-0.39, 0.29) is 23.8 Å². The minimum atomic E-state index is -1.49. The summed E-state index contributed by atoms with van der Waals surface area (Å²) in [4.78, 5) is 29.3. The molecule has 3 atom stereocenters. The molecule has 1 aromatic rings. The molecule has 1 aliphatic carbocycles. The van der Waals surface area contributed by atoms with E-state index < -0.39 is 5.60 Å². The molecule has 2 heterocycles. The lowest BCUT2D eigenvalue weighted by Gasteiger charge is -2.44. The highest BCUT2D eigenvalue weighted by Crippen LogP contribution is 2.51. The number of hydrogen-bond acceptors (Lipinski definition) is 4. The predicted octanol–water partition coefficient (Wildman–Crippen LogP) is 1.41. The van der Waals surface area contributed by atoms with E-state index in [1.807, 2.05) is 44.0 Å². The molecule has 2 aliphatic heterocycles. The Morgan fingerprint density at radius 1 is 1.38 bits per heavy atom. The van der Waals surface area contributed by atoms with E-state index in [9.17, 15) is 14.7 Å². The predicted molar refractivity (Wildman–Crippen MR) is 99.4 cm³/mol. The molecule has 0 saturated carbocycles. The van der Waals surface area contributed by atoms with Gasteiger partial charge in [0.2, 0.25) is 5.91 Å². The van der Waals surface area contributed by atoms with Gasteiger partial charge >= 0.3 is 0 Å². The quantitative estimate of drug-likeness (QED) is 0.860. The minimum absolute atomic E-state index is 0.0765. The highest BCUT2D eigenvalue weighted by Gasteiger charge is 2.53. The Hall–Kier alpha value is -2.18. The van der Waals surface area contributed by atoms with Crippen LogP contribution in [0.5, 0.6) is 0 Å². The third-order valence-electron chi connectivity index (χ3n) is 6.05. The average molecular weight is 355 g/mol. The van der Waals surface area contributed by atoms with E-state index in [4.69, 9.17) is 0 Å². The topological polar surface area (TPSA) is 72.9 Å². The highest BCUT2D eigenvalue weighted by atomic mass is 16.3. The Bertz CT molecular complexity index is 815. The summed E-state index contributed by atoms with van der Waals surface area (Å²) in [7, 11) is 1.96. The first-order valence-corrected chi connectivity index (χ1v) is 9.29. The second kappa shape index (κ2) is 5.93. The van der Waals surface area contributed by atoms with Gasteiger partial charge in [0, 0.05) is 43.3 Å². The van der Waals surface area contributed by atoms with Gasteiger partial charge in [-0.05, 0) is 38.1 Å². The Balaban J connectivity index is 1.82. The number of rotatable bonds is 3. The van der Waals surface area contributed by atoms with Crippen LogP contribution in [0.1, 0.15) is 31.4 Å². The number of amides is 2. The molecule has 0 saturated heterocycles. The molecule has 26 heavy (non-hydrogen) atoms. The fraction of sp³-hybridized carbons (Fsp3) is 0.500. The first-order valence-electron chi connectivity index (χ1n) is 9.29. The summed E-state index contributed by atoms with van der Waals surface area (Å²) in [6, 6.07) is 5.58. The summed E-state index contributed by atoms with van der Waals surface area (Å²) < 4.78 is 0. The van der Waals surface area contributed by atoms with Gasteiger partial charge < -0.3 is 15.3 Å². The van der Waals surface area contributed by atoms with E-state index >= 15 is 0 Å². The number of anilines is 1. The van der Waals surface area contributed by atoms with Gasteiger partial charge in [-0.15, -0.1) is 0 Å². The van der Waals surface area contributed by atoms with Crippen molar-refractivity contribution in [3.63, 3.8) is 0 Å². The van der Waals surface area contributed by atoms with Gasteiger partial charge in [0.05, 0.1) is 5.92 Å². The molecule has 0 fully saturated rings. The van der Waals surface area contributed by atoms with Crippen molar-refractivity contribution < 1.29 is 14.7 Å². The smallest absolute Gasteiger partial charge is 0.261 e. The number of aliphatic hydroxyl groups is 1. The normalized spacial score (nSPS) is 29.5. The zero-order chi connectivity index (χ0) is 18.6. The van der Waals surface area contributed by atoms with Crippen LogP contribution in [0, 0.1) is 5.92 Å². The lowest BCUT2D eigenvalue weighted by atomic mass is 9.72. The monoisotopic (exact) mass is 355 g/mol. The molecular weight excluding hydrogens is 330 g/mol. The van der Waals surface area contributed by atoms with Gasteiger partial charge in [-0.1, -0.05) is 18.2 Å². The van der Waals surface area contributed by atoms with Gasteiger partial charge in [-0.3, -0.25) is 14.5 Å². The molecule has 3 aliphatic rings. The van der Waals surface area contributed by atoms with Crippen molar-refractivity contribution in [1.82, 2.24) is 9.80 Å². The van der Waals surface area contributed by atoms with Crippen LogP contribution in [0.15, 0.2) is 24.3 Å². The van der Waals surface area contributed by atoms with E-state index in [0.29, 0.717) is 37.3 Å². The molecule has 0 bridgehead atoms. The van der Waals surface area contributed by atoms with Crippen LogP contribution in [0.3, 0.4) is 0 Å². The number of nitrogens with zero attached hydrogens (tertiary/aromatic N) is 2. The second-order valence-electron chi connectivity index (χ2n) is 7.44. The molecule has 138 valence electrons. The standard InChI is InChI=1S/C20H25N3O3/c1-4-23(5-2)18(24)12-9-14-13-7-6-8-15-17(13)20(26,19(25)21-15)10-16(14)22(3)11-12/h6-9,12,16,26H,4-5,10-11H2,1-3H3,(H,21,25). The summed E-state index contributed by atoms with van der Waals surface area (Å²) in [5.41, 5.74) is 1.77. The Kier molecular flexibility index (Phi) is 3.93. The molecule has 6 heteroatoms. The van der Waals surface area contributed by atoms with E-state index in [2.05, 4.69) is 16.3 Å². The summed E-state index contributed by atoms with van der Waals surface area (Å²) >= 11 is 0. The van der Waals surface area contributed by atoms with Crippen molar-refractivity contribution in [1.29, 1.82) is 0 Å². The molecule has 1 aromatic carbocycles. The summed E-state index contributed by atoms with van der Waals surface area (Å²) in [6.45, 7) is 5.97. The molecule has 4 rings (SSSR count). The van der Waals surface area contributed by atoms with Gasteiger partial charge in [-0.25, -0.2) is 0 Å². The first-order chi connectivity index (χ1) is 12.4. The molecule has 0 radical (unpaired) electrons. The molecule has 2 amide bonds. The van der Waals surface area contributed by atoms with Gasteiger partial charge in [0.15, 0.2) is 5.60 Å². The van der Waals surface area contributed by atoms with Crippen molar-refractivity contribution >= 4 is 23.1 Å². The van der Waals surface area contributed by atoms with Gasteiger partial charge in [0.1, 0.15) is 0 Å². The van der Waals surface area contributed by atoms with Crippen molar-refractivity contribution in [2.24, 2.45) is 5.92 Å². The van der Waals surface area contributed by atoms with Crippen LogP contribution < -0.4 is 5.32 Å². The molecule has 0 spiro atoms. The van der Waals surface area contributed by atoms with Crippen molar-refractivity contribution in [2.45, 2.75) is 31.9 Å². The molecule has 2 N–H and O–H groups in total. The van der Waals surface area contributed by atoms with Crippen LogP contribution in [-0.2, 0) is 15.2 Å². The number of likely N-dealkylation sites (N-methyl/N-ethyl adjacent to an activating group) is 1. The van der Waals surface area contributed by atoms with Crippen LogP contribution in [-0.4, -0.2) is 59.4 Å². The summed E-state index contributed by atoms with van der Waals surface area (Å²) in [5.74, 6) is -0.428. The third kappa shape index (κ3) is 2.25. The Morgan fingerprint density at radius 3 is 2.81 bits per heavy atom. The minimum Gasteiger partial charge on any atom is -0.375 e. The number of carbonyl (C=O) groups is 2. The van der Waals surface area contributed by atoms with Crippen molar-refractivity contribution in [3.05, 3.63) is 35.4 Å². The summed E-state index contributed by atoms with van der Waals surface area (Å²) in [5, 5.41) is 13.9. The van der Waals surface area contributed by atoms with E-state index in [1.165, 1.54) is 0 Å². The van der Waals surface area contributed by atoms with Crippen LogP contribution in [0.2, 0.25) is 0 Å². The highest BCUT2D eigenvalue weighted by molar-refractivity contribution is 6.08. The maximum absolute atomic E-state index is 12.9. The van der Waals surface area contributed by atoms with Gasteiger partial charge in [0.25, 0.3) is 5.91 Å². The SMILES string of the molecule is CCN(CC)C(=O)C1C=C2c3cccc4c3C(O)(CC2N(C)C1)C(=O)N4. The number of fused-ring (bicyclic) bond motifs is 2. The third-order valence-corrected chi connectivity index (χ3v) is 6.05. The van der Waals surface area contributed by atoms with Crippen molar-refractivity contribution in [3.8, 4) is 0 Å². The van der Waals surface area contributed by atoms with Crippen molar-refractivity contribution in [2.75, 3.05) is 32.0 Å². The number of hydrogen-bond donors (Lipinski definition) is 2. The molecule has 6 nitrogen and oxygen atoms in total. The molecular formula is C20H25N3O3. The maximum Gasteiger partial charge on any atom is 0.261 e. The number of nitrogens with one attached hydrogen (secondary N) is 1. The lowest BCUT2D eigenvalue weighted by Crippen LogP contribution is -2.51. The number of benzene rings is 1. The van der Waals surface area contributed by atoms with Crippen LogP contribution >= 0.6 is 0 Å². The number of carbonyl (C=O) groups excluding carboxylic acids is 2. The van der Waals surface area contributed by atoms with Gasteiger partial charge in [-0.2, -0.15) is 0 Å². The zero-order valence-electron chi connectivity index (χ0n) is 15.5. The lowest BCUT2D eigenvalue weighted by molar-refractivity contribution is -0.137. The van der Waals surface area contributed by atoms with E-state index in [1.54, 1.807) is 0 Å². The second-order valence-corrected chi connectivity index (χ2v) is 7.44. The molecule has 0 aromatic heterocycles. The molecule has 3 unspecified atom stereocenters. The summed E-state index contributed by atoms with van der Waals surface area (Å²) in [6.07, 6.45) is 2.38.